The highest BCUT2D eigenvalue weighted by Crippen LogP contribution is 2.33. The van der Waals surface area contributed by atoms with Crippen LogP contribution in [-0.2, 0) is 15.7 Å². The molecule has 13 heteroatoms. The predicted molar refractivity (Wildman–Crippen MR) is 127 cm³/mol. The SMILES string of the molecule is COC(=O)c1ccc(C(C)NC(=O)/C(C(=N)C(F)(F)F)=C2/NCCCN2c2ccc(C(F)(F)F)cc2)cc1. The van der Waals surface area contributed by atoms with Gasteiger partial charge in [0.1, 0.15) is 11.4 Å². The van der Waals surface area contributed by atoms with Gasteiger partial charge in [0, 0.05) is 18.8 Å². The third kappa shape index (κ3) is 6.45. The van der Waals surface area contributed by atoms with Gasteiger partial charge in [-0.2, -0.15) is 26.3 Å². The zero-order chi connectivity index (χ0) is 28.3. The number of alkyl halides is 6. The molecule has 1 atom stereocenters. The smallest absolute Gasteiger partial charge is 0.433 e. The van der Waals surface area contributed by atoms with Gasteiger partial charge < -0.3 is 20.3 Å². The Morgan fingerprint density at radius 1 is 1.03 bits per heavy atom. The highest BCUT2D eigenvalue weighted by atomic mass is 19.4. The summed E-state index contributed by atoms with van der Waals surface area (Å²) in [5.41, 5.74) is -3.04. The number of halogens is 6. The van der Waals surface area contributed by atoms with Crippen molar-refractivity contribution in [2.75, 3.05) is 25.1 Å². The maximum Gasteiger partial charge on any atom is 0.433 e. The number of hydrogen-bond acceptors (Lipinski definition) is 6. The normalized spacial score (nSPS) is 16.3. The lowest BCUT2D eigenvalue weighted by molar-refractivity contribution is -0.137. The molecule has 1 amide bonds. The topological polar surface area (TPSA) is 94.5 Å². The molecule has 0 bridgehead atoms. The predicted octanol–water partition coefficient (Wildman–Crippen LogP) is 4.96. The van der Waals surface area contributed by atoms with Crippen LogP contribution in [0.2, 0.25) is 0 Å². The second kappa shape index (κ2) is 11.2. The molecule has 7 nitrogen and oxygen atoms in total. The Bertz CT molecular complexity index is 1220. The first-order chi connectivity index (χ1) is 17.7. The number of hydrogen-bond donors (Lipinski definition) is 3. The molecule has 0 spiro atoms. The van der Waals surface area contributed by atoms with Crippen LogP contribution in [0.4, 0.5) is 32.0 Å². The number of rotatable bonds is 6. The zero-order valence-electron chi connectivity index (χ0n) is 20.3. The van der Waals surface area contributed by atoms with Crippen molar-refractivity contribution in [3.8, 4) is 0 Å². The van der Waals surface area contributed by atoms with Gasteiger partial charge in [-0.15, -0.1) is 0 Å². The van der Waals surface area contributed by atoms with Crippen molar-refractivity contribution in [1.82, 2.24) is 10.6 Å². The van der Waals surface area contributed by atoms with Gasteiger partial charge in [0.05, 0.1) is 24.3 Å². The van der Waals surface area contributed by atoms with Crippen molar-refractivity contribution in [3.05, 3.63) is 76.6 Å². The third-order valence-electron chi connectivity index (χ3n) is 5.80. The Morgan fingerprint density at radius 2 is 1.63 bits per heavy atom. The summed E-state index contributed by atoms with van der Waals surface area (Å²) in [6.07, 6.45) is -9.37. The standard InChI is InChI=1S/C25H24F6N4O3/c1-14(15-4-6-16(7-5-15)23(37)38-2)34-22(36)19(20(32)25(29,30)31)21-33-12-3-13-35(21)18-10-8-17(9-11-18)24(26,27)28/h4-11,14,32-33H,3,12-13H2,1-2H3,(H,34,36)/b21-19-,32-20?. The van der Waals surface area contributed by atoms with Gasteiger partial charge in [0.25, 0.3) is 5.91 Å². The van der Waals surface area contributed by atoms with Crippen LogP contribution in [0.1, 0.15) is 40.9 Å². The van der Waals surface area contributed by atoms with Crippen molar-refractivity contribution in [2.24, 2.45) is 0 Å². The minimum atomic E-state index is -5.18. The molecular formula is C25H24F6N4O3. The monoisotopic (exact) mass is 542 g/mol. The molecule has 0 radical (unpaired) electrons. The molecule has 0 saturated carbocycles. The summed E-state index contributed by atoms with van der Waals surface area (Å²) < 4.78 is 84.6. The van der Waals surface area contributed by atoms with E-state index in [4.69, 9.17) is 5.41 Å². The summed E-state index contributed by atoms with van der Waals surface area (Å²) in [4.78, 5) is 26.1. The number of amides is 1. The number of esters is 1. The van der Waals surface area contributed by atoms with E-state index in [1.54, 1.807) is 0 Å². The first-order valence-electron chi connectivity index (χ1n) is 11.3. The second-order valence-corrected chi connectivity index (χ2v) is 8.38. The molecular weight excluding hydrogens is 518 g/mol. The maximum atomic E-state index is 13.7. The highest BCUT2D eigenvalue weighted by molar-refractivity contribution is 6.23. The van der Waals surface area contributed by atoms with Gasteiger partial charge in [0.2, 0.25) is 0 Å². The van der Waals surface area contributed by atoms with Crippen molar-refractivity contribution in [2.45, 2.75) is 31.7 Å². The lowest BCUT2D eigenvalue weighted by atomic mass is 10.0. The lowest BCUT2D eigenvalue weighted by Crippen LogP contribution is -2.46. The summed E-state index contributed by atoms with van der Waals surface area (Å²) in [5.74, 6) is -2.15. The Kier molecular flexibility index (Phi) is 8.38. The number of anilines is 1. The van der Waals surface area contributed by atoms with Crippen molar-refractivity contribution in [1.29, 1.82) is 5.41 Å². The number of methoxy groups -OCH3 is 1. The molecule has 0 aromatic heterocycles. The Morgan fingerprint density at radius 3 is 2.16 bits per heavy atom. The molecule has 3 N–H and O–H groups in total. The highest BCUT2D eigenvalue weighted by Gasteiger charge is 2.42. The summed E-state index contributed by atoms with van der Waals surface area (Å²) in [6, 6.07) is 8.77. The van der Waals surface area contributed by atoms with E-state index in [2.05, 4.69) is 15.4 Å². The molecule has 1 heterocycles. The van der Waals surface area contributed by atoms with Crippen LogP contribution in [0.5, 0.6) is 0 Å². The molecule has 2 aromatic rings. The van der Waals surface area contributed by atoms with E-state index in [0.29, 0.717) is 12.0 Å². The largest absolute Gasteiger partial charge is 0.465 e. The Labute approximate surface area is 214 Å². The van der Waals surface area contributed by atoms with Gasteiger partial charge in [0.15, 0.2) is 5.71 Å². The van der Waals surface area contributed by atoms with Gasteiger partial charge in [-0.1, -0.05) is 12.1 Å². The zero-order valence-corrected chi connectivity index (χ0v) is 20.3. The van der Waals surface area contributed by atoms with Crippen LogP contribution in [0.3, 0.4) is 0 Å². The molecule has 1 fully saturated rings. The molecule has 3 rings (SSSR count). The van der Waals surface area contributed by atoms with Crippen molar-refractivity contribution >= 4 is 23.3 Å². The fraction of sp³-hybridized carbons (Fsp3) is 0.320. The quantitative estimate of drug-likeness (QED) is 0.208. The molecule has 2 aromatic carbocycles. The summed E-state index contributed by atoms with van der Waals surface area (Å²) in [7, 11) is 1.21. The third-order valence-corrected chi connectivity index (χ3v) is 5.80. The summed E-state index contributed by atoms with van der Waals surface area (Å²) in [5, 5.41) is 12.9. The molecule has 1 aliphatic heterocycles. The van der Waals surface area contributed by atoms with Crippen LogP contribution in [0, 0.1) is 5.41 Å². The first-order valence-corrected chi connectivity index (χ1v) is 11.3. The number of carbonyl (C=O) groups excluding carboxylic acids is 2. The fourth-order valence-electron chi connectivity index (χ4n) is 3.82. The van der Waals surface area contributed by atoms with Gasteiger partial charge >= 0.3 is 18.3 Å². The van der Waals surface area contributed by atoms with Crippen LogP contribution in [-0.4, -0.2) is 44.0 Å². The van der Waals surface area contributed by atoms with Crippen LogP contribution < -0.4 is 15.5 Å². The average Bonchev–Trinajstić information content (AvgIpc) is 2.87. The molecule has 1 saturated heterocycles. The minimum absolute atomic E-state index is 0.0974. The average molecular weight is 542 g/mol. The minimum Gasteiger partial charge on any atom is -0.465 e. The molecule has 204 valence electrons. The first kappa shape index (κ1) is 28.5. The van der Waals surface area contributed by atoms with Crippen molar-refractivity contribution in [3.63, 3.8) is 0 Å². The maximum absolute atomic E-state index is 13.7. The number of nitrogens with zero attached hydrogens (tertiary/aromatic N) is 1. The number of carbonyl (C=O) groups is 2. The van der Waals surface area contributed by atoms with E-state index in [9.17, 15) is 35.9 Å². The summed E-state index contributed by atoms with van der Waals surface area (Å²) >= 11 is 0. The van der Waals surface area contributed by atoms with Crippen LogP contribution in [0.25, 0.3) is 0 Å². The number of benzene rings is 2. The lowest BCUT2D eigenvalue weighted by Gasteiger charge is -2.35. The molecule has 38 heavy (non-hydrogen) atoms. The van der Waals surface area contributed by atoms with E-state index in [1.165, 1.54) is 43.2 Å². The Hall–Kier alpha value is -4.03. The van der Waals surface area contributed by atoms with Gasteiger partial charge in [-0.05, 0) is 55.3 Å². The van der Waals surface area contributed by atoms with E-state index < -0.39 is 47.1 Å². The summed E-state index contributed by atoms with van der Waals surface area (Å²) in [6.45, 7) is 1.78. The van der Waals surface area contributed by atoms with Gasteiger partial charge in [-0.25, -0.2) is 4.79 Å². The van der Waals surface area contributed by atoms with Gasteiger partial charge in [-0.3, -0.25) is 10.2 Å². The number of ether oxygens (including phenoxy) is 1. The second-order valence-electron chi connectivity index (χ2n) is 8.38. The van der Waals surface area contributed by atoms with E-state index in [-0.39, 0.29) is 30.2 Å². The van der Waals surface area contributed by atoms with Crippen LogP contribution >= 0.6 is 0 Å². The Balaban J connectivity index is 1.99. The molecule has 0 aliphatic carbocycles. The molecule has 1 unspecified atom stereocenters. The van der Waals surface area contributed by atoms with Crippen molar-refractivity contribution < 1.29 is 40.7 Å². The fourth-order valence-corrected chi connectivity index (χ4v) is 3.82. The van der Waals surface area contributed by atoms with Crippen LogP contribution in [0.15, 0.2) is 59.9 Å². The van der Waals surface area contributed by atoms with E-state index in [0.717, 1.165) is 24.3 Å². The van der Waals surface area contributed by atoms with E-state index >= 15 is 0 Å². The van der Waals surface area contributed by atoms with E-state index in [1.807, 2.05) is 0 Å². The number of nitrogens with one attached hydrogen (secondary N) is 3. The molecule has 1 aliphatic rings.